The number of nitrogens with zero attached hydrogens (tertiary/aromatic N) is 1. The molecule has 0 bridgehead atoms. The number of likely N-dealkylation sites (tertiary alicyclic amines) is 1. The second kappa shape index (κ2) is 10.2. The maximum atomic E-state index is 12.9. The molecule has 2 unspecified atom stereocenters. The van der Waals surface area contributed by atoms with Crippen molar-refractivity contribution in [2.45, 2.75) is 53.4 Å². The lowest BCUT2D eigenvalue weighted by Crippen LogP contribution is -2.42. The zero-order valence-corrected chi connectivity index (χ0v) is 18.8. The van der Waals surface area contributed by atoms with Gasteiger partial charge in [-0.2, -0.15) is 0 Å². The molecule has 2 amide bonds. The standard InChI is InChI=1S/C22H34N2O4S/c1-5-6-7-10-29(27,28)15-21(25)23-20-12-19(9-8-18(20)4)22(26)24-13-16(2)11-17(3)14-24/h8-9,12,16-17H,5-7,10-11,13-15H2,1-4H3,(H,23,25). The molecule has 1 aromatic carbocycles. The average molecular weight is 423 g/mol. The van der Waals surface area contributed by atoms with E-state index < -0.39 is 21.5 Å². The van der Waals surface area contributed by atoms with Gasteiger partial charge in [0.2, 0.25) is 5.91 Å². The summed E-state index contributed by atoms with van der Waals surface area (Å²) in [6.07, 6.45) is 3.45. The molecule has 1 heterocycles. The molecule has 0 spiro atoms. The van der Waals surface area contributed by atoms with Crippen molar-refractivity contribution < 1.29 is 18.0 Å². The molecule has 1 N–H and O–H groups in total. The SMILES string of the molecule is CCCCCS(=O)(=O)CC(=O)Nc1cc(C(=O)N2CC(C)CC(C)C2)ccc1C. The van der Waals surface area contributed by atoms with Crippen LogP contribution in [0.15, 0.2) is 18.2 Å². The van der Waals surface area contributed by atoms with E-state index in [2.05, 4.69) is 19.2 Å². The van der Waals surface area contributed by atoms with Crippen LogP contribution in [0.25, 0.3) is 0 Å². The Morgan fingerprint density at radius 2 is 1.79 bits per heavy atom. The zero-order chi connectivity index (χ0) is 21.6. The van der Waals surface area contributed by atoms with Gasteiger partial charge in [0.05, 0.1) is 5.75 Å². The van der Waals surface area contributed by atoms with Crippen molar-refractivity contribution in [1.29, 1.82) is 0 Å². The Morgan fingerprint density at radius 3 is 2.41 bits per heavy atom. The molecule has 0 radical (unpaired) electrons. The van der Waals surface area contributed by atoms with Gasteiger partial charge in [-0.1, -0.05) is 39.7 Å². The van der Waals surface area contributed by atoms with Gasteiger partial charge in [0.1, 0.15) is 5.75 Å². The average Bonchev–Trinajstić information content (AvgIpc) is 2.61. The predicted octanol–water partition coefficient (Wildman–Crippen LogP) is 3.66. The van der Waals surface area contributed by atoms with Gasteiger partial charge in [0.15, 0.2) is 9.84 Å². The summed E-state index contributed by atoms with van der Waals surface area (Å²) in [6, 6.07) is 5.21. The van der Waals surface area contributed by atoms with Gasteiger partial charge >= 0.3 is 0 Å². The van der Waals surface area contributed by atoms with Crippen LogP contribution < -0.4 is 5.32 Å². The van der Waals surface area contributed by atoms with E-state index in [4.69, 9.17) is 0 Å². The Labute approximate surface area is 175 Å². The molecule has 1 aliphatic heterocycles. The number of hydrogen-bond donors (Lipinski definition) is 1. The Morgan fingerprint density at radius 1 is 1.14 bits per heavy atom. The summed E-state index contributed by atoms with van der Waals surface area (Å²) in [7, 11) is -3.43. The van der Waals surface area contributed by atoms with E-state index in [1.54, 1.807) is 18.2 Å². The second-order valence-electron chi connectivity index (χ2n) is 8.53. The first-order valence-electron chi connectivity index (χ1n) is 10.5. The molecule has 2 atom stereocenters. The smallest absolute Gasteiger partial charge is 0.253 e. The molecule has 1 fully saturated rings. The van der Waals surface area contributed by atoms with Crippen molar-refractivity contribution in [2.75, 3.05) is 29.9 Å². The maximum absolute atomic E-state index is 12.9. The highest BCUT2D eigenvalue weighted by molar-refractivity contribution is 7.92. The van der Waals surface area contributed by atoms with Crippen LogP contribution in [-0.4, -0.2) is 49.7 Å². The van der Waals surface area contributed by atoms with Gasteiger partial charge in [0.25, 0.3) is 5.91 Å². The van der Waals surface area contributed by atoms with Crippen LogP contribution in [0.5, 0.6) is 0 Å². The molecular weight excluding hydrogens is 388 g/mol. The van der Waals surface area contributed by atoms with Crippen LogP contribution in [0.1, 0.15) is 62.4 Å². The first-order chi connectivity index (χ1) is 13.6. The third-order valence-corrected chi connectivity index (χ3v) is 6.94. The number of sulfone groups is 1. The lowest BCUT2D eigenvalue weighted by atomic mass is 9.91. The summed E-state index contributed by atoms with van der Waals surface area (Å²) in [5.41, 5.74) is 1.79. The number of rotatable bonds is 8. The number of hydrogen-bond acceptors (Lipinski definition) is 4. The monoisotopic (exact) mass is 422 g/mol. The molecule has 1 aromatic rings. The topological polar surface area (TPSA) is 83.5 Å². The first kappa shape index (κ1) is 23.4. The molecule has 1 saturated heterocycles. The van der Waals surface area contributed by atoms with Gasteiger partial charge in [-0.15, -0.1) is 0 Å². The molecule has 7 heteroatoms. The zero-order valence-electron chi connectivity index (χ0n) is 18.0. The van der Waals surface area contributed by atoms with Crippen molar-refractivity contribution in [3.05, 3.63) is 29.3 Å². The van der Waals surface area contributed by atoms with Crippen LogP contribution in [0.3, 0.4) is 0 Å². The van der Waals surface area contributed by atoms with Gasteiger partial charge < -0.3 is 10.2 Å². The van der Waals surface area contributed by atoms with E-state index in [9.17, 15) is 18.0 Å². The highest BCUT2D eigenvalue weighted by Gasteiger charge is 2.26. The van der Waals surface area contributed by atoms with E-state index in [1.165, 1.54) is 0 Å². The van der Waals surface area contributed by atoms with Gasteiger partial charge in [0, 0.05) is 24.3 Å². The highest BCUT2D eigenvalue weighted by atomic mass is 32.2. The quantitative estimate of drug-likeness (QED) is 0.648. The molecule has 0 aromatic heterocycles. The van der Waals surface area contributed by atoms with E-state index in [-0.39, 0.29) is 11.7 Å². The fourth-order valence-corrected chi connectivity index (χ4v) is 5.19. The van der Waals surface area contributed by atoms with Crippen molar-refractivity contribution in [3.63, 3.8) is 0 Å². The summed E-state index contributed by atoms with van der Waals surface area (Å²) < 4.78 is 24.2. The molecule has 0 aliphatic carbocycles. The summed E-state index contributed by atoms with van der Waals surface area (Å²) in [5.74, 6) is -0.192. The highest BCUT2D eigenvalue weighted by Crippen LogP contribution is 2.24. The summed E-state index contributed by atoms with van der Waals surface area (Å²) in [4.78, 5) is 27.1. The van der Waals surface area contributed by atoms with E-state index in [0.717, 1.165) is 37.9 Å². The predicted molar refractivity (Wildman–Crippen MR) is 117 cm³/mol. The number of unbranched alkanes of at least 4 members (excludes halogenated alkanes) is 2. The van der Waals surface area contributed by atoms with E-state index in [1.807, 2.05) is 18.7 Å². The Balaban J connectivity index is 2.06. The van der Waals surface area contributed by atoms with Crippen LogP contribution in [0, 0.1) is 18.8 Å². The number of carbonyl (C=O) groups is 2. The maximum Gasteiger partial charge on any atom is 0.253 e. The van der Waals surface area contributed by atoms with E-state index >= 15 is 0 Å². The van der Waals surface area contributed by atoms with Crippen LogP contribution in [0.2, 0.25) is 0 Å². The minimum Gasteiger partial charge on any atom is -0.338 e. The minimum absolute atomic E-state index is 0.0249. The number of benzene rings is 1. The van der Waals surface area contributed by atoms with Crippen molar-refractivity contribution >= 4 is 27.3 Å². The molecule has 1 aliphatic rings. The summed E-state index contributed by atoms with van der Waals surface area (Å²) in [5, 5.41) is 2.68. The minimum atomic E-state index is -3.43. The first-order valence-corrected chi connectivity index (χ1v) is 12.3. The lowest BCUT2D eigenvalue weighted by Gasteiger charge is -2.35. The Bertz CT molecular complexity index is 825. The van der Waals surface area contributed by atoms with E-state index in [0.29, 0.717) is 29.5 Å². The fourth-order valence-electron chi connectivity index (χ4n) is 3.93. The van der Waals surface area contributed by atoms with Crippen LogP contribution >= 0.6 is 0 Å². The fraction of sp³-hybridized carbons (Fsp3) is 0.636. The van der Waals surface area contributed by atoms with Crippen LogP contribution in [0.4, 0.5) is 5.69 Å². The summed E-state index contributed by atoms with van der Waals surface area (Å²) in [6.45, 7) is 9.59. The molecule has 29 heavy (non-hydrogen) atoms. The Kier molecular flexibility index (Phi) is 8.25. The summed E-state index contributed by atoms with van der Waals surface area (Å²) >= 11 is 0. The van der Waals surface area contributed by atoms with Crippen molar-refractivity contribution in [2.24, 2.45) is 11.8 Å². The Hall–Kier alpha value is -1.89. The normalized spacial score (nSPS) is 19.8. The molecule has 2 rings (SSSR count). The largest absolute Gasteiger partial charge is 0.338 e. The third-order valence-electron chi connectivity index (χ3n) is 5.32. The third kappa shape index (κ3) is 7.14. The number of carbonyl (C=O) groups excluding carboxylic acids is 2. The number of nitrogens with one attached hydrogen (secondary N) is 1. The lowest BCUT2D eigenvalue weighted by molar-refractivity contribution is -0.113. The second-order valence-corrected chi connectivity index (χ2v) is 10.7. The van der Waals surface area contributed by atoms with Gasteiger partial charge in [-0.3, -0.25) is 9.59 Å². The van der Waals surface area contributed by atoms with Gasteiger partial charge in [-0.25, -0.2) is 8.42 Å². The molecule has 0 saturated carbocycles. The van der Waals surface area contributed by atoms with Crippen LogP contribution in [-0.2, 0) is 14.6 Å². The molecule has 6 nitrogen and oxygen atoms in total. The number of anilines is 1. The molecule has 162 valence electrons. The molecular formula is C22H34N2O4S. The van der Waals surface area contributed by atoms with Crippen molar-refractivity contribution in [3.8, 4) is 0 Å². The number of aryl methyl sites for hydroxylation is 1. The van der Waals surface area contributed by atoms with Gasteiger partial charge in [-0.05, 0) is 49.3 Å². The number of piperidine rings is 1. The van der Waals surface area contributed by atoms with Crippen molar-refractivity contribution in [1.82, 2.24) is 4.90 Å². The number of amides is 2.